The number of aromatic amines is 1. The number of H-pyrrole nitrogens is 1. The first-order valence-corrected chi connectivity index (χ1v) is 9.86. The van der Waals surface area contributed by atoms with E-state index in [1.165, 1.54) is 12.8 Å². The molecule has 1 aromatic carbocycles. The molecule has 6 heteroatoms. The number of nitrogens with zero attached hydrogens (tertiary/aromatic N) is 3. The van der Waals surface area contributed by atoms with E-state index in [9.17, 15) is 4.79 Å². The quantitative estimate of drug-likeness (QED) is 0.821. The summed E-state index contributed by atoms with van der Waals surface area (Å²) in [6.07, 6.45) is 2.41. The molecule has 0 bridgehead atoms. The molecule has 2 aliphatic rings. The van der Waals surface area contributed by atoms with Crippen LogP contribution < -0.4 is 5.32 Å². The van der Waals surface area contributed by atoms with Crippen LogP contribution >= 0.6 is 0 Å². The van der Waals surface area contributed by atoms with Crippen molar-refractivity contribution in [3.05, 3.63) is 41.7 Å². The first-order valence-electron chi connectivity index (χ1n) is 9.86. The third kappa shape index (κ3) is 4.22. The monoisotopic (exact) mass is 367 g/mol. The van der Waals surface area contributed by atoms with Crippen molar-refractivity contribution >= 4 is 5.91 Å². The predicted octanol–water partition coefficient (Wildman–Crippen LogP) is 2.14. The van der Waals surface area contributed by atoms with Crippen molar-refractivity contribution in [3.63, 3.8) is 0 Å². The summed E-state index contributed by atoms with van der Waals surface area (Å²) in [5.74, 6) is 0.674. The molecule has 0 unspecified atom stereocenters. The third-order valence-electron chi connectivity index (χ3n) is 5.88. The summed E-state index contributed by atoms with van der Waals surface area (Å²) in [4.78, 5) is 25.4. The number of likely N-dealkylation sites (N-methyl/N-ethyl adjacent to an activating group) is 1. The molecule has 2 fully saturated rings. The van der Waals surface area contributed by atoms with Gasteiger partial charge in [-0.3, -0.25) is 4.79 Å². The zero-order valence-electron chi connectivity index (χ0n) is 16.3. The van der Waals surface area contributed by atoms with Crippen LogP contribution in [-0.4, -0.2) is 72.0 Å². The van der Waals surface area contributed by atoms with Crippen LogP contribution in [0.1, 0.15) is 29.0 Å². The number of carbonyl (C=O) groups is 1. The zero-order valence-corrected chi connectivity index (χ0v) is 16.3. The van der Waals surface area contributed by atoms with Gasteiger partial charge < -0.3 is 20.1 Å². The molecule has 2 N–H and O–H groups in total. The Bertz CT molecular complexity index is 788. The lowest BCUT2D eigenvalue weighted by Crippen LogP contribution is -2.48. The van der Waals surface area contributed by atoms with Crippen LogP contribution in [0, 0.1) is 12.3 Å². The Hall–Kier alpha value is -2.18. The Kier molecular flexibility index (Phi) is 5.02. The summed E-state index contributed by atoms with van der Waals surface area (Å²) in [6.45, 7) is 8.27. The molecular weight excluding hydrogens is 338 g/mol. The molecule has 1 saturated heterocycles. The Labute approximate surface area is 161 Å². The lowest BCUT2D eigenvalue weighted by Gasteiger charge is -2.34. The normalized spacial score (nSPS) is 19.8. The maximum absolute atomic E-state index is 12.7. The second-order valence-corrected chi connectivity index (χ2v) is 8.19. The van der Waals surface area contributed by atoms with Crippen molar-refractivity contribution in [1.29, 1.82) is 0 Å². The van der Waals surface area contributed by atoms with Crippen LogP contribution in [0.15, 0.2) is 30.3 Å². The van der Waals surface area contributed by atoms with Gasteiger partial charge in [0.25, 0.3) is 5.91 Å². The molecule has 1 amide bonds. The maximum atomic E-state index is 12.7. The smallest absolute Gasteiger partial charge is 0.271 e. The lowest BCUT2D eigenvalue weighted by atomic mass is 10.1. The van der Waals surface area contributed by atoms with E-state index in [4.69, 9.17) is 0 Å². The summed E-state index contributed by atoms with van der Waals surface area (Å²) in [5, 5.41) is 3.15. The molecule has 1 aromatic heterocycles. The fourth-order valence-electron chi connectivity index (χ4n) is 3.81. The van der Waals surface area contributed by atoms with Gasteiger partial charge in [-0.25, -0.2) is 4.98 Å². The molecule has 0 spiro atoms. The van der Waals surface area contributed by atoms with Gasteiger partial charge in [-0.05, 0) is 26.8 Å². The van der Waals surface area contributed by atoms with Crippen LogP contribution in [0.4, 0.5) is 0 Å². The molecular formula is C21H29N5O. The van der Waals surface area contributed by atoms with Crippen LogP contribution in [0.5, 0.6) is 0 Å². The Morgan fingerprint density at radius 2 is 1.89 bits per heavy atom. The van der Waals surface area contributed by atoms with Crippen molar-refractivity contribution in [3.8, 4) is 11.4 Å². The number of imidazole rings is 1. The minimum atomic E-state index is -0.0735. The Balaban J connectivity index is 1.35. The number of hydrogen-bond donors (Lipinski definition) is 2. The van der Waals surface area contributed by atoms with Crippen LogP contribution in [0.2, 0.25) is 0 Å². The van der Waals surface area contributed by atoms with Gasteiger partial charge >= 0.3 is 0 Å². The van der Waals surface area contributed by atoms with Crippen molar-refractivity contribution in [1.82, 2.24) is 25.1 Å². The molecule has 27 heavy (non-hydrogen) atoms. The van der Waals surface area contributed by atoms with Crippen molar-refractivity contribution < 1.29 is 4.79 Å². The minimum absolute atomic E-state index is 0.0735. The number of aryl methyl sites for hydroxylation is 1. The van der Waals surface area contributed by atoms with E-state index < -0.39 is 0 Å². The molecule has 1 aliphatic heterocycles. The fourth-order valence-corrected chi connectivity index (χ4v) is 3.81. The molecule has 4 rings (SSSR count). The number of carbonyl (C=O) groups excluding carboxylic acids is 1. The highest BCUT2D eigenvalue weighted by Crippen LogP contribution is 2.45. The van der Waals surface area contributed by atoms with Crippen molar-refractivity contribution in [2.24, 2.45) is 5.41 Å². The molecule has 0 radical (unpaired) electrons. The van der Waals surface area contributed by atoms with Gasteiger partial charge in [-0.15, -0.1) is 0 Å². The number of hydrogen-bond acceptors (Lipinski definition) is 4. The second kappa shape index (κ2) is 7.44. The van der Waals surface area contributed by atoms with Crippen LogP contribution in [0.25, 0.3) is 11.4 Å². The molecule has 6 nitrogen and oxygen atoms in total. The number of amides is 1. The van der Waals surface area contributed by atoms with Gasteiger partial charge in [0.15, 0.2) is 0 Å². The lowest BCUT2D eigenvalue weighted by molar-refractivity contribution is 0.0922. The van der Waals surface area contributed by atoms with Gasteiger partial charge in [-0.2, -0.15) is 0 Å². The van der Waals surface area contributed by atoms with E-state index in [2.05, 4.69) is 32.1 Å². The van der Waals surface area contributed by atoms with Gasteiger partial charge in [0.2, 0.25) is 0 Å². The zero-order chi connectivity index (χ0) is 18.9. The van der Waals surface area contributed by atoms with E-state index in [1.54, 1.807) is 0 Å². The van der Waals surface area contributed by atoms with Crippen molar-refractivity contribution in [2.45, 2.75) is 19.8 Å². The van der Waals surface area contributed by atoms with Gasteiger partial charge in [0.1, 0.15) is 11.5 Å². The predicted molar refractivity (Wildman–Crippen MR) is 107 cm³/mol. The molecule has 0 atom stereocenters. The van der Waals surface area contributed by atoms with E-state index in [-0.39, 0.29) is 11.3 Å². The standard InChI is InChI=1S/C21H29N5O/c1-16-18(24-19(23-16)17-6-4-3-5-7-17)20(27)22-14-21(8-9-21)15-26-12-10-25(2)11-13-26/h3-7H,8-15H2,1-2H3,(H,22,27)(H,23,24). The van der Waals surface area contributed by atoms with Crippen LogP contribution in [-0.2, 0) is 0 Å². The average molecular weight is 367 g/mol. The SMILES string of the molecule is Cc1[nH]c(-c2ccccc2)nc1C(=O)NCC1(CN2CCN(C)CC2)CC1. The highest BCUT2D eigenvalue weighted by Gasteiger charge is 2.44. The first-order chi connectivity index (χ1) is 13.0. The number of nitrogens with one attached hydrogen (secondary N) is 2. The number of benzene rings is 1. The maximum Gasteiger partial charge on any atom is 0.271 e. The highest BCUT2D eigenvalue weighted by atomic mass is 16.1. The van der Waals surface area contributed by atoms with Crippen LogP contribution in [0.3, 0.4) is 0 Å². The minimum Gasteiger partial charge on any atom is -0.350 e. The first kappa shape index (κ1) is 18.2. The summed E-state index contributed by atoms with van der Waals surface area (Å²) < 4.78 is 0. The topological polar surface area (TPSA) is 64.3 Å². The van der Waals surface area contributed by atoms with E-state index in [1.807, 2.05) is 37.3 Å². The molecule has 1 aliphatic carbocycles. The molecule has 144 valence electrons. The summed E-state index contributed by atoms with van der Waals surface area (Å²) in [6, 6.07) is 9.91. The summed E-state index contributed by atoms with van der Waals surface area (Å²) in [5.41, 5.74) is 2.57. The Morgan fingerprint density at radius 1 is 1.19 bits per heavy atom. The van der Waals surface area contributed by atoms with E-state index >= 15 is 0 Å². The van der Waals surface area contributed by atoms with Crippen molar-refractivity contribution in [2.75, 3.05) is 46.3 Å². The average Bonchev–Trinajstić information content (AvgIpc) is 3.34. The number of piperazine rings is 1. The molecule has 2 heterocycles. The van der Waals surface area contributed by atoms with Gasteiger partial charge in [-0.1, -0.05) is 30.3 Å². The molecule has 2 aromatic rings. The number of rotatable bonds is 6. The highest BCUT2D eigenvalue weighted by molar-refractivity contribution is 5.94. The summed E-state index contributed by atoms with van der Waals surface area (Å²) in [7, 11) is 2.18. The third-order valence-corrected chi connectivity index (χ3v) is 5.88. The largest absolute Gasteiger partial charge is 0.350 e. The van der Waals surface area contributed by atoms with E-state index in [0.29, 0.717) is 5.69 Å². The van der Waals surface area contributed by atoms with Gasteiger partial charge in [0, 0.05) is 55.9 Å². The Morgan fingerprint density at radius 3 is 2.56 bits per heavy atom. The summed E-state index contributed by atoms with van der Waals surface area (Å²) >= 11 is 0. The number of aromatic nitrogens is 2. The van der Waals surface area contributed by atoms with E-state index in [0.717, 1.165) is 56.4 Å². The van der Waals surface area contributed by atoms with Gasteiger partial charge in [0.05, 0.1) is 0 Å². The second-order valence-electron chi connectivity index (χ2n) is 8.19. The fraction of sp³-hybridized carbons (Fsp3) is 0.524. The molecule has 1 saturated carbocycles.